The maximum absolute atomic E-state index is 12.0. The molecule has 0 atom stereocenters. The van der Waals surface area contributed by atoms with Crippen LogP contribution in [0, 0.1) is 0 Å². The first-order valence-corrected chi connectivity index (χ1v) is 6.34. The molecule has 0 aliphatic carbocycles. The second kappa shape index (κ2) is 7.33. The van der Waals surface area contributed by atoms with E-state index in [0.717, 1.165) is 0 Å². The first kappa shape index (κ1) is 15.8. The van der Waals surface area contributed by atoms with Crippen LogP contribution < -0.4 is 10.1 Å². The van der Waals surface area contributed by atoms with Crippen LogP contribution in [0.4, 0.5) is 5.69 Å². The number of methoxy groups -OCH3 is 1. The third kappa shape index (κ3) is 4.42. The molecule has 0 bridgehead atoms. The number of carbonyl (C=O) groups excluding carboxylic acids is 2. The van der Waals surface area contributed by atoms with E-state index in [1.807, 2.05) is 14.1 Å². The average molecular weight is 276 g/mol. The molecule has 1 aromatic rings. The molecule has 5 nitrogen and oxygen atoms in total. The van der Waals surface area contributed by atoms with Gasteiger partial charge in [0.2, 0.25) is 5.91 Å². The lowest BCUT2D eigenvalue weighted by molar-refractivity contribution is -0.115. The van der Waals surface area contributed by atoms with Gasteiger partial charge in [-0.25, -0.2) is 0 Å². The number of rotatable bonds is 6. The molecule has 1 N–H and O–H groups in total. The maximum atomic E-state index is 12.0. The van der Waals surface area contributed by atoms with Gasteiger partial charge in [0.1, 0.15) is 5.75 Å². The summed E-state index contributed by atoms with van der Waals surface area (Å²) >= 11 is 0. The van der Waals surface area contributed by atoms with E-state index in [9.17, 15) is 9.59 Å². The smallest absolute Gasteiger partial charge is 0.224 e. The topological polar surface area (TPSA) is 58.6 Å². The van der Waals surface area contributed by atoms with Gasteiger partial charge in [-0.2, -0.15) is 0 Å². The van der Waals surface area contributed by atoms with Crippen molar-refractivity contribution in [2.45, 2.75) is 13.3 Å². The summed E-state index contributed by atoms with van der Waals surface area (Å²) in [6.45, 7) is 1.76. The molecule has 1 aromatic carbocycles. The second-order valence-electron chi connectivity index (χ2n) is 4.46. The molecule has 1 rings (SSSR count). The Morgan fingerprint density at radius 2 is 2.05 bits per heavy atom. The predicted octanol–water partition coefficient (Wildman–Crippen LogP) is 2.30. The summed E-state index contributed by atoms with van der Waals surface area (Å²) in [4.78, 5) is 25.2. The Morgan fingerprint density at radius 1 is 1.35 bits per heavy atom. The predicted molar refractivity (Wildman–Crippen MR) is 79.1 cm³/mol. The number of benzene rings is 1. The fourth-order valence-electron chi connectivity index (χ4n) is 1.51. The van der Waals surface area contributed by atoms with Crippen molar-refractivity contribution in [3.05, 3.63) is 36.0 Å². The van der Waals surface area contributed by atoms with Crippen LogP contribution in [0.2, 0.25) is 0 Å². The Kier molecular flexibility index (Phi) is 5.77. The lowest BCUT2D eigenvalue weighted by Gasteiger charge is -2.11. The molecule has 0 unspecified atom stereocenters. The number of hydrogen-bond acceptors (Lipinski definition) is 4. The molecule has 5 heteroatoms. The molecule has 0 aliphatic rings. The molecule has 0 fully saturated rings. The number of ketones is 1. The van der Waals surface area contributed by atoms with Crippen molar-refractivity contribution in [2.75, 3.05) is 26.5 Å². The van der Waals surface area contributed by atoms with E-state index in [4.69, 9.17) is 4.74 Å². The normalized spacial score (nSPS) is 10.4. The Bertz CT molecular complexity index is 522. The highest BCUT2D eigenvalue weighted by Crippen LogP contribution is 2.26. The first-order chi connectivity index (χ1) is 9.47. The van der Waals surface area contributed by atoms with Crippen molar-refractivity contribution >= 4 is 17.4 Å². The van der Waals surface area contributed by atoms with Crippen LogP contribution in [-0.2, 0) is 4.79 Å². The molecule has 0 radical (unpaired) electrons. The van der Waals surface area contributed by atoms with E-state index < -0.39 is 0 Å². The van der Waals surface area contributed by atoms with E-state index in [1.54, 1.807) is 36.2 Å². The van der Waals surface area contributed by atoms with E-state index in [0.29, 0.717) is 23.4 Å². The number of allylic oxidation sites excluding steroid dienone is 1. The minimum atomic E-state index is -0.131. The molecule has 20 heavy (non-hydrogen) atoms. The second-order valence-corrected chi connectivity index (χ2v) is 4.46. The lowest BCUT2D eigenvalue weighted by atomic mass is 10.1. The van der Waals surface area contributed by atoms with E-state index in [-0.39, 0.29) is 11.7 Å². The first-order valence-electron chi connectivity index (χ1n) is 6.34. The van der Waals surface area contributed by atoms with Crippen LogP contribution in [-0.4, -0.2) is 37.8 Å². The highest BCUT2D eigenvalue weighted by molar-refractivity contribution is 6.06. The van der Waals surface area contributed by atoms with Gasteiger partial charge in [0.25, 0.3) is 0 Å². The third-order valence-electron chi connectivity index (χ3n) is 2.60. The van der Waals surface area contributed by atoms with Crippen LogP contribution in [0.25, 0.3) is 0 Å². The van der Waals surface area contributed by atoms with Gasteiger partial charge in [0.15, 0.2) is 5.78 Å². The Labute approximate surface area is 119 Å². The van der Waals surface area contributed by atoms with Crippen LogP contribution in [0.15, 0.2) is 30.5 Å². The number of nitrogens with one attached hydrogen (secondary N) is 1. The Balaban J connectivity index is 3.02. The summed E-state index contributed by atoms with van der Waals surface area (Å²) in [7, 11) is 5.19. The van der Waals surface area contributed by atoms with Crippen LogP contribution in [0.3, 0.4) is 0 Å². The van der Waals surface area contributed by atoms with Crippen LogP contribution >= 0.6 is 0 Å². The van der Waals surface area contributed by atoms with Gasteiger partial charge in [-0.1, -0.05) is 6.92 Å². The number of hydrogen-bond donors (Lipinski definition) is 1. The largest absolute Gasteiger partial charge is 0.495 e. The summed E-state index contributed by atoms with van der Waals surface area (Å²) in [6, 6.07) is 4.96. The van der Waals surface area contributed by atoms with Crippen LogP contribution in [0.5, 0.6) is 5.75 Å². The minimum Gasteiger partial charge on any atom is -0.495 e. The Morgan fingerprint density at radius 3 is 2.60 bits per heavy atom. The van der Waals surface area contributed by atoms with Crippen molar-refractivity contribution in [2.24, 2.45) is 0 Å². The molecule has 1 amide bonds. The third-order valence-corrected chi connectivity index (χ3v) is 2.60. The highest BCUT2D eigenvalue weighted by atomic mass is 16.5. The van der Waals surface area contributed by atoms with Crippen molar-refractivity contribution in [3.8, 4) is 5.75 Å². The quantitative estimate of drug-likeness (QED) is 0.640. The summed E-state index contributed by atoms with van der Waals surface area (Å²) < 4.78 is 5.17. The van der Waals surface area contributed by atoms with Gasteiger partial charge >= 0.3 is 0 Å². The van der Waals surface area contributed by atoms with Gasteiger partial charge in [-0.05, 0) is 18.2 Å². The minimum absolute atomic E-state index is 0.128. The van der Waals surface area contributed by atoms with Crippen molar-refractivity contribution < 1.29 is 14.3 Å². The monoisotopic (exact) mass is 276 g/mol. The average Bonchev–Trinajstić information content (AvgIpc) is 2.44. The molecular weight excluding hydrogens is 256 g/mol. The van der Waals surface area contributed by atoms with Gasteiger partial charge in [0.05, 0.1) is 12.8 Å². The van der Waals surface area contributed by atoms with Crippen molar-refractivity contribution in [3.63, 3.8) is 0 Å². The van der Waals surface area contributed by atoms with Crippen molar-refractivity contribution in [1.29, 1.82) is 0 Å². The van der Waals surface area contributed by atoms with E-state index in [1.165, 1.54) is 13.2 Å². The standard InChI is InChI=1S/C15H20N2O3/c1-5-15(19)16-12-10-11(6-7-14(12)20-4)13(18)8-9-17(2)3/h6-10H,5H2,1-4H3,(H,16,19). The van der Waals surface area contributed by atoms with Gasteiger partial charge in [0, 0.05) is 38.4 Å². The maximum Gasteiger partial charge on any atom is 0.224 e. The fourth-order valence-corrected chi connectivity index (χ4v) is 1.51. The molecule has 0 saturated heterocycles. The van der Waals surface area contributed by atoms with Gasteiger partial charge < -0.3 is 15.0 Å². The molecule has 0 heterocycles. The Hall–Kier alpha value is -2.30. The molecule has 0 aliphatic heterocycles. The summed E-state index contributed by atoms with van der Waals surface area (Å²) in [6.07, 6.45) is 3.52. The van der Waals surface area contributed by atoms with E-state index >= 15 is 0 Å². The summed E-state index contributed by atoms with van der Waals surface area (Å²) in [5.41, 5.74) is 0.999. The zero-order valence-corrected chi connectivity index (χ0v) is 12.3. The highest BCUT2D eigenvalue weighted by Gasteiger charge is 2.10. The lowest BCUT2D eigenvalue weighted by Crippen LogP contribution is -2.11. The van der Waals surface area contributed by atoms with Gasteiger partial charge in [-0.15, -0.1) is 0 Å². The molecule has 0 spiro atoms. The SMILES string of the molecule is CCC(=O)Nc1cc(C(=O)C=CN(C)C)ccc1OC. The zero-order valence-electron chi connectivity index (χ0n) is 12.3. The van der Waals surface area contributed by atoms with Crippen LogP contribution in [0.1, 0.15) is 23.7 Å². The summed E-state index contributed by atoms with van der Waals surface area (Å²) in [5.74, 6) is 0.269. The van der Waals surface area contributed by atoms with Crippen molar-refractivity contribution in [1.82, 2.24) is 4.90 Å². The zero-order chi connectivity index (χ0) is 15.1. The summed E-state index contributed by atoms with van der Waals surface area (Å²) in [5, 5.41) is 2.72. The van der Waals surface area contributed by atoms with Gasteiger partial charge in [-0.3, -0.25) is 9.59 Å². The van der Waals surface area contributed by atoms with E-state index in [2.05, 4.69) is 5.32 Å². The molecule has 0 saturated carbocycles. The number of nitrogens with zero attached hydrogens (tertiary/aromatic N) is 1. The number of amides is 1. The number of ether oxygens (including phenoxy) is 1. The molecule has 108 valence electrons. The fraction of sp³-hybridized carbons (Fsp3) is 0.333. The number of anilines is 1. The number of carbonyl (C=O) groups is 2. The molecule has 0 aromatic heterocycles. The molecular formula is C15H20N2O3.